The summed E-state index contributed by atoms with van der Waals surface area (Å²) in [5.41, 5.74) is -0.308. The Labute approximate surface area is 121 Å². The van der Waals surface area contributed by atoms with Crippen molar-refractivity contribution in [2.24, 2.45) is 0 Å². The molecule has 0 aliphatic heterocycles. The van der Waals surface area contributed by atoms with Gasteiger partial charge in [0.05, 0.1) is 11.2 Å². The van der Waals surface area contributed by atoms with Gasteiger partial charge in [-0.05, 0) is 19.8 Å². The molecule has 7 heteroatoms. The van der Waals surface area contributed by atoms with Crippen LogP contribution in [0.15, 0.2) is 11.0 Å². The van der Waals surface area contributed by atoms with Gasteiger partial charge in [-0.15, -0.1) is 6.42 Å². The van der Waals surface area contributed by atoms with E-state index in [1.165, 1.54) is 6.20 Å². The number of aromatic nitrogens is 2. The highest BCUT2D eigenvalue weighted by molar-refractivity contribution is 6.33. The number of nitrogens with one attached hydrogen (secondary N) is 2. The van der Waals surface area contributed by atoms with Gasteiger partial charge in [-0.25, -0.2) is 4.68 Å². The minimum atomic E-state index is -0.567. The number of nitrogens with zero attached hydrogens (tertiary/aromatic N) is 2. The summed E-state index contributed by atoms with van der Waals surface area (Å²) in [4.78, 5) is 24.0. The third-order valence-electron chi connectivity index (χ3n) is 2.92. The zero-order valence-electron chi connectivity index (χ0n) is 11.0. The van der Waals surface area contributed by atoms with Gasteiger partial charge in [-0.1, -0.05) is 17.5 Å². The molecule has 0 bridgehead atoms. The third kappa shape index (κ3) is 3.31. The molecule has 1 aromatic rings. The molecule has 1 unspecified atom stereocenters. The predicted molar refractivity (Wildman–Crippen MR) is 76.6 cm³/mol. The molecule has 1 aromatic heterocycles. The number of carbonyl (C=O) groups is 1. The van der Waals surface area contributed by atoms with Crippen LogP contribution in [-0.2, 0) is 11.3 Å². The highest BCUT2D eigenvalue weighted by Gasteiger charge is 2.26. The number of hydrogen-bond donors (Lipinski definition) is 2. The van der Waals surface area contributed by atoms with Gasteiger partial charge in [-0.2, -0.15) is 5.10 Å². The first-order valence-corrected chi connectivity index (χ1v) is 6.66. The number of anilines is 1. The predicted octanol–water partition coefficient (Wildman–Crippen LogP) is 0.609. The number of amides is 1. The van der Waals surface area contributed by atoms with Crippen LogP contribution >= 0.6 is 11.6 Å². The third-order valence-corrected chi connectivity index (χ3v) is 3.20. The lowest BCUT2D eigenvalue weighted by molar-refractivity contribution is -0.121. The number of hydrogen-bond acceptors (Lipinski definition) is 4. The maximum atomic E-state index is 12.1. The fourth-order valence-electron chi connectivity index (χ4n) is 1.63. The van der Waals surface area contributed by atoms with Crippen molar-refractivity contribution in [2.45, 2.75) is 38.4 Å². The summed E-state index contributed by atoms with van der Waals surface area (Å²) in [6.45, 7) is 1.72. The Bertz CT molecular complexity index is 616. The van der Waals surface area contributed by atoms with Crippen LogP contribution in [0, 0.1) is 12.3 Å². The minimum Gasteiger partial charge on any atom is -0.368 e. The molecule has 0 saturated heterocycles. The summed E-state index contributed by atoms with van der Waals surface area (Å²) >= 11 is 5.95. The summed E-state index contributed by atoms with van der Waals surface area (Å²) in [5.74, 6) is 2.17. The topological polar surface area (TPSA) is 76.0 Å². The summed E-state index contributed by atoms with van der Waals surface area (Å²) < 4.78 is 1.11. The fourth-order valence-corrected chi connectivity index (χ4v) is 1.81. The van der Waals surface area contributed by atoms with Crippen LogP contribution in [0.2, 0.25) is 5.02 Å². The van der Waals surface area contributed by atoms with E-state index < -0.39 is 11.6 Å². The van der Waals surface area contributed by atoms with E-state index in [1.807, 2.05) is 0 Å². The van der Waals surface area contributed by atoms with Crippen molar-refractivity contribution in [3.63, 3.8) is 0 Å². The zero-order chi connectivity index (χ0) is 14.7. The van der Waals surface area contributed by atoms with E-state index >= 15 is 0 Å². The van der Waals surface area contributed by atoms with Crippen molar-refractivity contribution >= 4 is 23.2 Å². The molecule has 0 spiro atoms. The molecule has 1 aliphatic rings. The summed E-state index contributed by atoms with van der Waals surface area (Å²) in [5, 5.41) is 9.66. The average molecular weight is 295 g/mol. The van der Waals surface area contributed by atoms with E-state index in [2.05, 4.69) is 21.7 Å². The SMILES string of the molecule is C#CCn1ncc(Cl)c(NC(C)C(=O)NC2CC2)c1=O. The number of terminal acetylenes is 1. The van der Waals surface area contributed by atoms with E-state index in [0.29, 0.717) is 0 Å². The molecule has 6 nitrogen and oxygen atoms in total. The Hall–Kier alpha value is -2.00. The summed E-state index contributed by atoms with van der Waals surface area (Å²) in [6.07, 6.45) is 8.50. The van der Waals surface area contributed by atoms with Crippen LogP contribution in [0.5, 0.6) is 0 Å². The minimum absolute atomic E-state index is 0.0489. The molecule has 2 rings (SSSR count). The Morgan fingerprint density at radius 1 is 1.70 bits per heavy atom. The van der Waals surface area contributed by atoms with Crippen molar-refractivity contribution < 1.29 is 4.79 Å². The Balaban J connectivity index is 2.15. The molecule has 1 aliphatic carbocycles. The van der Waals surface area contributed by atoms with Gasteiger partial charge >= 0.3 is 0 Å². The molecule has 2 N–H and O–H groups in total. The molecule has 1 fully saturated rings. The van der Waals surface area contributed by atoms with Crippen molar-refractivity contribution in [1.29, 1.82) is 0 Å². The molecule has 1 saturated carbocycles. The standard InChI is InChI=1S/C13H15ClN4O2/c1-3-6-18-13(20)11(10(14)7-15-18)16-8(2)12(19)17-9-4-5-9/h1,7-9,16H,4-6H2,2H3,(H,17,19). The highest BCUT2D eigenvalue weighted by atomic mass is 35.5. The lowest BCUT2D eigenvalue weighted by atomic mass is 10.3. The second-order valence-corrected chi connectivity index (χ2v) is 5.09. The lowest BCUT2D eigenvalue weighted by Gasteiger charge is -2.16. The molecule has 1 atom stereocenters. The Kier molecular flexibility index (Phi) is 4.30. The molecular weight excluding hydrogens is 280 g/mol. The monoisotopic (exact) mass is 294 g/mol. The van der Waals surface area contributed by atoms with E-state index in [4.69, 9.17) is 18.0 Å². The second-order valence-electron chi connectivity index (χ2n) is 4.68. The Morgan fingerprint density at radius 2 is 2.40 bits per heavy atom. The van der Waals surface area contributed by atoms with Crippen molar-refractivity contribution in [2.75, 3.05) is 5.32 Å². The first-order valence-electron chi connectivity index (χ1n) is 6.29. The van der Waals surface area contributed by atoms with E-state index in [9.17, 15) is 9.59 Å². The van der Waals surface area contributed by atoms with Crippen LogP contribution in [0.25, 0.3) is 0 Å². The van der Waals surface area contributed by atoms with Gasteiger partial charge < -0.3 is 10.6 Å². The van der Waals surface area contributed by atoms with Crippen molar-refractivity contribution in [3.8, 4) is 12.3 Å². The number of carbonyl (C=O) groups excluding carboxylic acids is 1. The first-order chi connectivity index (χ1) is 9.52. The fraction of sp³-hybridized carbons (Fsp3) is 0.462. The smallest absolute Gasteiger partial charge is 0.292 e. The highest BCUT2D eigenvalue weighted by Crippen LogP contribution is 2.19. The Morgan fingerprint density at radius 3 is 3.00 bits per heavy atom. The van der Waals surface area contributed by atoms with Crippen molar-refractivity contribution in [3.05, 3.63) is 21.6 Å². The van der Waals surface area contributed by atoms with E-state index in [1.54, 1.807) is 6.92 Å². The average Bonchev–Trinajstić information content (AvgIpc) is 3.21. The van der Waals surface area contributed by atoms with Crippen LogP contribution in [0.1, 0.15) is 19.8 Å². The molecule has 0 radical (unpaired) electrons. The molecule has 20 heavy (non-hydrogen) atoms. The van der Waals surface area contributed by atoms with Gasteiger partial charge in [0.2, 0.25) is 5.91 Å². The van der Waals surface area contributed by atoms with Crippen LogP contribution < -0.4 is 16.2 Å². The molecule has 106 valence electrons. The second kappa shape index (κ2) is 5.97. The van der Waals surface area contributed by atoms with Crippen LogP contribution in [0.4, 0.5) is 5.69 Å². The number of rotatable bonds is 5. The lowest BCUT2D eigenvalue weighted by Crippen LogP contribution is -2.40. The summed E-state index contributed by atoms with van der Waals surface area (Å²) in [7, 11) is 0. The largest absolute Gasteiger partial charge is 0.368 e. The van der Waals surface area contributed by atoms with E-state index in [-0.39, 0.29) is 29.2 Å². The van der Waals surface area contributed by atoms with Gasteiger partial charge in [0.25, 0.3) is 5.56 Å². The normalized spacial score (nSPS) is 15.2. The van der Waals surface area contributed by atoms with E-state index in [0.717, 1.165) is 17.5 Å². The maximum absolute atomic E-state index is 12.1. The molecular formula is C13H15ClN4O2. The maximum Gasteiger partial charge on any atom is 0.292 e. The first kappa shape index (κ1) is 14.4. The quantitative estimate of drug-likeness (QED) is 0.780. The number of halogens is 1. The summed E-state index contributed by atoms with van der Waals surface area (Å²) in [6, 6.07) is -0.305. The van der Waals surface area contributed by atoms with Gasteiger partial charge in [0, 0.05) is 6.04 Å². The molecule has 0 aromatic carbocycles. The molecule has 1 heterocycles. The van der Waals surface area contributed by atoms with Gasteiger partial charge in [0.15, 0.2) is 0 Å². The molecule has 1 amide bonds. The zero-order valence-corrected chi connectivity index (χ0v) is 11.8. The van der Waals surface area contributed by atoms with Crippen LogP contribution in [-0.4, -0.2) is 27.8 Å². The van der Waals surface area contributed by atoms with Gasteiger partial charge in [-0.3, -0.25) is 9.59 Å². The van der Waals surface area contributed by atoms with Gasteiger partial charge in [0.1, 0.15) is 18.3 Å². The van der Waals surface area contributed by atoms with Crippen LogP contribution in [0.3, 0.4) is 0 Å². The van der Waals surface area contributed by atoms with Crippen molar-refractivity contribution in [1.82, 2.24) is 15.1 Å².